The van der Waals surface area contributed by atoms with E-state index in [0.29, 0.717) is 11.3 Å². The summed E-state index contributed by atoms with van der Waals surface area (Å²) in [5.74, 6) is 0.180. The fourth-order valence-corrected chi connectivity index (χ4v) is 1.96. The van der Waals surface area contributed by atoms with E-state index in [4.69, 9.17) is 16.2 Å². The molecule has 2 atom stereocenters. The number of aliphatic hydroxyl groups excluding tert-OH is 2. The Morgan fingerprint density at radius 3 is 2.57 bits per heavy atom. The molecule has 0 aliphatic carbocycles. The van der Waals surface area contributed by atoms with Crippen LogP contribution in [0.1, 0.15) is 44.6 Å². The molecule has 1 aromatic heterocycles. The van der Waals surface area contributed by atoms with Gasteiger partial charge in [0, 0.05) is 17.8 Å². The number of nitrogens with one attached hydrogen (secondary N) is 1. The molecule has 7 N–H and O–H groups in total. The average Bonchev–Trinajstić information content (AvgIpc) is 2.40. The standard InChI is InChI=1S/C15H26N4O4/c1-8-9(7-10(16)13(17)19-8)12(21)11(20)5-6-18-14(22)23-15(2,3)4/h7,11-12,20-21H,5-6,16H2,1-4H3,(H2,17,19)(H,18,22). The van der Waals surface area contributed by atoms with Crippen molar-refractivity contribution in [2.75, 3.05) is 18.0 Å². The van der Waals surface area contributed by atoms with Crippen LogP contribution in [-0.2, 0) is 4.74 Å². The lowest BCUT2D eigenvalue weighted by molar-refractivity contribution is 0.0118. The monoisotopic (exact) mass is 326 g/mol. The Bertz CT molecular complexity index is 557. The number of nitrogens with two attached hydrogens (primary N) is 2. The van der Waals surface area contributed by atoms with E-state index in [1.54, 1.807) is 27.7 Å². The highest BCUT2D eigenvalue weighted by Gasteiger charge is 2.22. The Kier molecular flexibility index (Phi) is 6.17. The van der Waals surface area contributed by atoms with Crippen molar-refractivity contribution in [2.45, 2.75) is 51.9 Å². The molecule has 1 heterocycles. The van der Waals surface area contributed by atoms with Gasteiger partial charge in [-0.2, -0.15) is 0 Å². The van der Waals surface area contributed by atoms with Crippen molar-refractivity contribution in [1.82, 2.24) is 10.3 Å². The predicted molar refractivity (Wildman–Crippen MR) is 87.6 cm³/mol. The molecule has 0 saturated carbocycles. The third-order valence-electron chi connectivity index (χ3n) is 3.10. The maximum atomic E-state index is 11.5. The van der Waals surface area contributed by atoms with Crippen molar-refractivity contribution < 1.29 is 19.7 Å². The number of aromatic nitrogens is 1. The quantitative estimate of drug-likeness (QED) is 0.540. The fraction of sp³-hybridized carbons (Fsp3) is 0.600. The first kappa shape index (κ1) is 19.0. The van der Waals surface area contributed by atoms with Crippen molar-refractivity contribution in [1.29, 1.82) is 0 Å². The molecule has 1 rings (SSSR count). The summed E-state index contributed by atoms with van der Waals surface area (Å²) < 4.78 is 5.08. The highest BCUT2D eigenvalue weighted by atomic mass is 16.6. The zero-order valence-corrected chi connectivity index (χ0v) is 14.0. The van der Waals surface area contributed by atoms with Crippen LogP contribution in [0.4, 0.5) is 16.3 Å². The van der Waals surface area contributed by atoms with Gasteiger partial charge in [-0.3, -0.25) is 0 Å². The van der Waals surface area contributed by atoms with Crippen molar-refractivity contribution in [2.24, 2.45) is 0 Å². The van der Waals surface area contributed by atoms with Crippen molar-refractivity contribution in [3.63, 3.8) is 0 Å². The molecule has 0 bridgehead atoms. The van der Waals surface area contributed by atoms with Gasteiger partial charge in [-0.1, -0.05) is 0 Å². The molecule has 0 aliphatic rings. The largest absolute Gasteiger partial charge is 0.444 e. The zero-order valence-electron chi connectivity index (χ0n) is 14.0. The number of pyridine rings is 1. The van der Waals surface area contributed by atoms with E-state index in [9.17, 15) is 15.0 Å². The topological polar surface area (TPSA) is 144 Å². The zero-order chi connectivity index (χ0) is 17.8. The second kappa shape index (κ2) is 7.47. The molecule has 130 valence electrons. The maximum Gasteiger partial charge on any atom is 0.407 e. The summed E-state index contributed by atoms with van der Waals surface area (Å²) in [6.45, 7) is 7.09. The Balaban J connectivity index is 2.57. The summed E-state index contributed by atoms with van der Waals surface area (Å²) in [6.07, 6.45) is -2.70. The minimum atomic E-state index is -1.18. The molecular formula is C15H26N4O4. The normalized spacial score (nSPS) is 14.2. The lowest BCUT2D eigenvalue weighted by Crippen LogP contribution is -2.34. The molecular weight excluding hydrogens is 300 g/mol. The second-order valence-electron chi connectivity index (χ2n) is 6.37. The van der Waals surface area contributed by atoms with Gasteiger partial charge in [0.2, 0.25) is 0 Å². The summed E-state index contributed by atoms with van der Waals surface area (Å²) in [5.41, 5.74) is 11.8. The van der Waals surface area contributed by atoms with Gasteiger partial charge in [-0.25, -0.2) is 9.78 Å². The van der Waals surface area contributed by atoms with Crippen LogP contribution in [0.5, 0.6) is 0 Å². The molecule has 0 radical (unpaired) electrons. The summed E-state index contributed by atoms with van der Waals surface area (Å²) >= 11 is 0. The number of carbonyl (C=O) groups is 1. The van der Waals surface area contributed by atoms with Gasteiger partial charge < -0.3 is 31.7 Å². The van der Waals surface area contributed by atoms with E-state index in [2.05, 4.69) is 10.3 Å². The van der Waals surface area contributed by atoms with Crippen molar-refractivity contribution in [3.8, 4) is 0 Å². The molecule has 23 heavy (non-hydrogen) atoms. The molecule has 0 aliphatic heterocycles. The van der Waals surface area contributed by atoms with Gasteiger partial charge in [0.15, 0.2) is 0 Å². The molecule has 0 saturated heterocycles. The highest BCUT2D eigenvalue weighted by molar-refractivity contribution is 5.67. The number of hydrogen-bond acceptors (Lipinski definition) is 7. The predicted octanol–water partition coefficient (Wildman–Crippen LogP) is 0.864. The Labute approximate surface area is 135 Å². The number of amides is 1. The number of aryl methyl sites for hydroxylation is 1. The summed E-state index contributed by atoms with van der Waals surface area (Å²) in [7, 11) is 0. The first-order chi connectivity index (χ1) is 10.5. The van der Waals surface area contributed by atoms with Crippen LogP contribution >= 0.6 is 0 Å². The van der Waals surface area contributed by atoms with Crippen LogP contribution in [0.15, 0.2) is 6.07 Å². The lowest BCUT2D eigenvalue weighted by Gasteiger charge is -2.22. The minimum Gasteiger partial charge on any atom is -0.444 e. The number of nitrogens with zero attached hydrogens (tertiary/aromatic N) is 1. The second-order valence-corrected chi connectivity index (χ2v) is 6.37. The molecule has 0 spiro atoms. The summed E-state index contributed by atoms with van der Waals surface area (Å²) in [5, 5.41) is 22.8. The van der Waals surface area contributed by atoms with Gasteiger partial charge in [0.05, 0.1) is 11.8 Å². The number of carbonyl (C=O) groups excluding carboxylic acids is 1. The van der Waals surface area contributed by atoms with E-state index in [1.807, 2.05) is 0 Å². The van der Waals surface area contributed by atoms with Crippen LogP contribution in [0.2, 0.25) is 0 Å². The number of rotatable bonds is 5. The van der Waals surface area contributed by atoms with E-state index in [0.717, 1.165) is 0 Å². The number of alkyl carbamates (subject to hydrolysis) is 1. The van der Waals surface area contributed by atoms with Gasteiger partial charge >= 0.3 is 6.09 Å². The minimum absolute atomic E-state index is 0.143. The number of hydrogen-bond donors (Lipinski definition) is 5. The highest BCUT2D eigenvalue weighted by Crippen LogP contribution is 2.25. The third-order valence-corrected chi connectivity index (χ3v) is 3.10. The van der Waals surface area contributed by atoms with Gasteiger partial charge in [-0.15, -0.1) is 0 Å². The molecule has 2 unspecified atom stereocenters. The number of ether oxygens (including phenoxy) is 1. The van der Waals surface area contributed by atoms with E-state index >= 15 is 0 Å². The Morgan fingerprint density at radius 1 is 1.39 bits per heavy atom. The number of nitrogen functional groups attached to an aromatic ring is 2. The van der Waals surface area contributed by atoms with Crippen LogP contribution in [-0.4, -0.2) is 39.5 Å². The SMILES string of the molecule is Cc1nc(N)c(N)cc1C(O)C(O)CCNC(=O)OC(C)(C)C. The van der Waals surface area contributed by atoms with Crippen LogP contribution in [0, 0.1) is 6.92 Å². The summed E-state index contributed by atoms with van der Waals surface area (Å²) in [4.78, 5) is 15.5. The molecule has 1 amide bonds. The molecule has 0 fully saturated rings. The van der Waals surface area contributed by atoms with Crippen molar-refractivity contribution in [3.05, 3.63) is 17.3 Å². The van der Waals surface area contributed by atoms with Crippen LogP contribution in [0.25, 0.3) is 0 Å². The van der Waals surface area contributed by atoms with Crippen molar-refractivity contribution >= 4 is 17.6 Å². The maximum absolute atomic E-state index is 11.5. The van der Waals surface area contributed by atoms with Gasteiger partial charge in [0.25, 0.3) is 0 Å². The number of anilines is 2. The van der Waals surface area contributed by atoms with E-state index < -0.39 is 23.9 Å². The molecule has 0 aromatic carbocycles. The Morgan fingerprint density at radius 2 is 2.00 bits per heavy atom. The summed E-state index contributed by atoms with van der Waals surface area (Å²) in [6, 6.07) is 1.49. The van der Waals surface area contributed by atoms with Crippen LogP contribution < -0.4 is 16.8 Å². The Hall–Kier alpha value is -2.06. The van der Waals surface area contributed by atoms with E-state index in [1.165, 1.54) is 6.07 Å². The average molecular weight is 326 g/mol. The lowest BCUT2D eigenvalue weighted by atomic mass is 10.0. The van der Waals surface area contributed by atoms with Gasteiger partial charge in [0.1, 0.15) is 17.5 Å². The smallest absolute Gasteiger partial charge is 0.407 e. The van der Waals surface area contributed by atoms with Crippen LogP contribution in [0.3, 0.4) is 0 Å². The fourth-order valence-electron chi connectivity index (χ4n) is 1.96. The first-order valence-electron chi connectivity index (χ1n) is 7.36. The molecule has 8 nitrogen and oxygen atoms in total. The van der Waals surface area contributed by atoms with E-state index in [-0.39, 0.29) is 24.5 Å². The third kappa shape index (κ3) is 5.91. The van der Waals surface area contributed by atoms with Gasteiger partial charge in [-0.05, 0) is 40.2 Å². The number of aliphatic hydroxyl groups is 2. The molecule has 1 aromatic rings. The molecule has 8 heteroatoms. The first-order valence-corrected chi connectivity index (χ1v) is 7.36.